The fraction of sp³-hybridized carbons (Fsp3) is 0.435. The lowest BCUT2D eigenvalue weighted by atomic mass is 9.86. The lowest BCUT2D eigenvalue weighted by Gasteiger charge is -2.19. The standard InChI is InChI=1S/C23H32N6.HI/c1-23(2,3)19-12-10-18(11-13-19)14-16-26-22(24-4)25-15-7-9-21-28-27-20-8-5-6-17-29(20)21;/h5-6,8,10-13,17H,7,9,14-16H2,1-4H3,(H2,24,25,26);1H. The van der Waals surface area contributed by atoms with Gasteiger partial charge in [0.2, 0.25) is 0 Å². The van der Waals surface area contributed by atoms with Crippen molar-refractivity contribution in [1.82, 2.24) is 25.2 Å². The summed E-state index contributed by atoms with van der Waals surface area (Å²) in [5.74, 6) is 1.83. The molecular weight excluding hydrogens is 487 g/mol. The van der Waals surface area contributed by atoms with Gasteiger partial charge in [-0.3, -0.25) is 9.39 Å². The number of nitrogens with zero attached hydrogens (tertiary/aromatic N) is 4. The van der Waals surface area contributed by atoms with Gasteiger partial charge in [-0.15, -0.1) is 34.2 Å². The number of nitrogens with one attached hydrogen (secondary N) is 2. The molecule has 2 heterocycles. The number of hydrogen-bond acceptors (Lipinski definition) is 3. The van der Waals surface area contributed by atoms with Crippen LogP contribution in [0.1, 0.15) is 44.1 Å². The second kappa shape index (κ2) is 11.3. The van der Waals surface area contributed by atoms with Gasteiger partial charge in [-0.2, -0.15) is 0 Å². The molecule has 0 saturated carbocycles. The summed E-state index contributed by atoms with van der Waals surface area (Å²) in [5.41, 5.74) is 3.79. The van der Waals surface area contributed by atoms with E-state index >= 15 is 0 Å². The molecule has 3 rings (SSSR count). The predicted molar refractivity (Wildman–Crippen MR) is 135 cm³/mol. The number of aryl methyl sites for hydroxylation is 1. The van der Waals surface area contributed by atoms with Crippen molar-refractivity contribution < 1.29 is 0 Å². The number of benzene rings is 1. The van der Waals surface area contributed by atoms with Gasteiger partial charge in [0.05, 0.1) is 0 Å². The third-order valence-corrected chi connectivity index (χ3v) is 5.00. The SMILES string of the molecule is CN=C(NCCCc1nnc2ccccn12)NCCc1ccc(C(C)(C)C)cc1.I. The number of rotatable bonds is 7. The minimum atomic E-state index is 0. The third-order valence-electron chi connectivity index (χ3n) is 5.00. The lowest BCUT2D eigenvalue weighted by Crippen LogP contribution is -2.38. The van der Waals surface area contributed by atoms with Crippen LogP contribution in [0.3, 0.4) is 0 Å². The first-order valence-corrected chi connectivity index (χ1v) is 10.3. The van der Waals surface area contributed by atoms with Crippen LogP contribution in [0.5, 0.6) is 0 Å². The van der Waals surface area contributed by atoms with Gasteiger partial charge in [0.25, 0.3) is 0 Å². The van der Waals surface area contributed by atoms with Gasteiger partial charge < -0.3 is 10.6 Å². The van der Waals surface area contributed by atoms with Gasteiger partial charge in [-0.1, -0.05) is 51.1 Å². The van der Waals surface area contributed by atoms with E-state index in [-0.39, 0.29) is 29.4 Å². The van der Waals surface area contributed by atoms with Crippen molar-refractivity contribution in [3.05, 3.63) is 65.6 Å². The maximum atomic E-state index is 4.31. The van der Waals surface area contributed by atoms with E-state index < -0.39 is 0 Å². The Hall–Kier alpha value is -2.16. The van der Waals surface area contributed by atoms with Crippen molar-refractivity contribution in [2.75, 3.05) is 20.1 Å². The molecule has 7 heteroatoms. The molecule has 0 saturated heterocycles. The molecule has 0 spiro atoms. The van der Waals surface area contributed by atoms with Gasteiger partial charge >= 0.3 is 0 Å². The quantitative estimate of drug-likeness (QED) is 0.214. The molecule has 0 bridgehead atoms. The van der Waals surface area contributed by atoms with Crippen LogP contribution in [0.25, 0.3) is 5.65 Å². The van der Waals surface area contributed by atoms with Gasteiger partial charge in [-0.05, 0) is 41.5 Å². The molecule has 0 atom stereocenters. The molecule has 2 aromatic heterocycles. The number of fused-ring (bicyclic) bond motifs is 1. The highest BCUT2D eigenvalue weighted by atomic mass is 127. The molecule has 0 radical (unpaired) electrons. The Kier molecular flexibility index (Phi) is 9.08. The maximum absolute atomic E-state index is 4.31. The van der Waals surface area contributed by atoms with Crippen LogP contribution < -0.4 is 10.6 Å². The Morgan fingerprint density at radius 1 is 0.967 bits per heavy atom. The van der Waals surface area contributed by atoms with Crippen molar-refractivity contribution in [2.45, 2.75) is 45.4 Å². The van der Waals surface area contributed by atoms with Crippen molar-refractivity contribution in [2.24, 2.45) is 4.99 Å². The van der Waals surface area contributed by atoms with E-state index in [1.54, 1.807) is 7.05 Å². The summed E-state index contributed by atoms with van der Waals surface area (Å²) in [4.78, 5) is 4.31. The van der Waals surface area contributed by atoms with Gasteiger partial charge in [0, 0.05) is 32.8 Å². The highest BCUT2D eigenvalue weighted by Crippen LogP contribution is 2.22. The lowest BCUT2D eigenvalue weighted by molar-refractivity contribution is 0.590. The van der Waals surface area contributed by atoms with Gasteiger partial charge in [0.15, 0.2) is 11.6 Å². The molecule has 3 aromatic rings. The topological polar surface area (TPSA) is 66.6 Å². The van der Waals surface area contributed by atoms with Gasteiger partial charge in [0.1, 0.15) is 5.82 Å². The Bertz CT molecular complexity index is 940. The van der Waals surface area contributed by atoms with E-state index in [4.69, 9.17) is 0 Å². The van der Waals surface area contributed by atoms with E-state index in [0.29, 0.717) is 0 Å². The van der Waals surface area contributed by atoms with Gasteiger partial charge in [-0.25, -0.2) is 0 Å². The molecule has 6 nitrogen and oxygen atoms in total. The third kappa shape index (κ3) is 6.68. The Morgan fingerprint density at radius 3 is 2.40 bits per heavy atom. The predicted octanol–water partition coefficient (Wildman–Crippen LogP) is 3.99. The molecular formula is C23H33IN6. The molecule has 0 aliphatic heterocycles. The Balaban J connectivity index is 0.00000320. The zero-order valence-corrected chi connectivity index (χ0v) is 20.7. The smallest absolute Gasteiger partial charge is 0.190 e. The zero-order valence-electron chi connectivity index (χ0n) is 18.4. The summed E-state index contributed by atoms with van der Waals surface area (Å²) in [7, 11) is 1.81. The molecule has 0 amide bonds. The van der Waals surface area contributed by atoms with Crippen molar-refractivity contribution >= 4 is 35.6 Å². The Labute approximate surface area is 196 Å². The average molecular weight is 520 g/mol. The van der Waals surface area contributed by atoms with E-state index in [1.165, 1.54) is 11.1 Å². The molecule has 2 N–H and O–H groups in total. The normalized spacial score (nSPS) is 11.9. The monoisotopic (exact) mass is 520 g/mol. The van der Waals surface area contributed by atoms with Crippen molar-refractivity contribution in [3.8, 4) is 0 Å². The van der Waals surface area contributed by atoms with Crippen LogP contribution in [0, 0.1) is 0 Å². The van der Waals surface area contributed by atoms with E-state index in [9.17, 15) is 0 Å². The van der Waals surface area contributed by atoms with Crippen LogP contribution in [-0.2, 0) is 18.3 Å². The van der Waals surface area contributed by atoms with Crippen LogP contribution in [-0.4, -0.2) is 40.7 Å². The summed E-state index contributed by atoms with van der Waals surface area (Å²) < 4.78 is 2.04. The van der Waals surface area contributed by atoms with Crippen LogP contribution in [0.4, 0.5) is 0 Å². The molecule has 0 aliphatic carbocycles. The maximum Gasteiger partial charge on any atom is 0.190 e. The number of halogens is 1. The van der Waals surface area contributed by atoms with Crippen molar-refractivity contribution in [3.63, 3.8) is 0 Å². The molecule has 0 aliphatic rings. The van der Waals surface area contributed by atoms with Crippen LogP contribution >= 0.6 is 24.0 Å². The minimum absolute atomic E-state index is 0. The first kappa shape index (κ1) is 24.1. The summed E-state index contributed by atoms with van der Waals surface area (Å²) in [6.07, 6.45) is 4.81. The first-order valence-electron chi connectivity index (χ1n) is 10.3. The van der Waals surface area contributed by atoms with Crippen LogP contribution in [0.2, 0.25) is 0 Å². The average Bonchev–Trinajstić information content (AvgIpc) is 3.12. The summed E-state index contributed by atoms with van der Waals surface area (Å²) >= 11 is 0. The highest BCUT2D eigenvalue weighted by molar-refractivity contribution is 14.0. The zero-order chi connectivity index (χ0) is 20.7. The summed E-state index contributed by atoms with van der Waals surface area (Å²) in [6.45, 7) is 8.41. The van der Waals surface area contributed by atoms with Crippen molar-refractivity contribution in [1.29, 1.82) is 0 Å². The minimum Gasteiger partial charge on any atom is -0.356 e. The molecule has 0 fully saturated rings. The molecule has 0 unspecified atom stereocenters. The summed E-state index contributed by atoms with van der Waals surface area (Å²) in [5, 5.41) is 15.2. The van der Waals surface area contributed by atoms with Crippen LogP contribution in [0.15, 0.2) is 53.7 Å². The second-order valence-corrected chi connectivity index (χ2v) is 8.27. The highest BCUT2D eigenvalue weighted by Gasteiger charge is 2.12. The number of pyridine rings is 1. The van der Waals surface area contributed by atoms with E-state index in [2.05, 4.69) is 70.9 Å². The number of hydrogen-bond donors (Lipinski definition) is 2. The fourth-order valence-corrected chi connectivity index (χ4v) is 3.23. The summed E-state index contributed by atoms with van der Waals surface area (Å²) in [6, 6.07) is 14.9. The molecule has 30 heavy (non-hydrogen) atoms. The van der Waals surface area contributed by atoms with E-state index in [0.717, 1.165) is 49.8 Å². The number of aliphatic imine (C=N–C) groups is 1. The molecule has 162 valence electrons. The largest absolute Gasteiger partial charge is 0.356 e. The molecule has 1 aromatic carbocycles. The number of guanidine groups is 1. The number of aromatic nitrogens is 3. The van der Waals surface area contributed by atoms with E-state index in [1.807, 2.05) is 28.8 Å². The second-order valence-electron chi connectivity index (χ2n) is 8.27. The fourth-order valence-electron chi connectivity index (χ4n) is 3.23. The Morgan fingerprint density at radius 2 is 1.70 bits per heavy atom. The first-order chi connectivity index (χ1) is 14.0.